The minimum Gasteiger partial charge on any atom is -0.547 e. The molecular formula is C84H90AlN6O9+3. The summed E-state index contributed by atoms with van der Waals surface area (Å²) in [6.45, 7) is 35.0. The molecule has 6 aromatic rings. The molecule has 0 atom stereocenters. The Hall–Kier alpha value is -10.3. The van der Waals surface area contributed by atoms with Crippen LogP contribution >= 0.6 is 0 Å². The van der Waals surface area contributed by atoms with E-state index in [2.05, 4.69) is 184 Å². The molecule has 0 amide bonds. The predicted molar refractivity (Wildman–Crippen MR) is 407 cm³/mol. The van der Waals surface area contributed by atoms with Gasteiger partial charge in [0.1, 0.15) is 73.3 Å². The van der Waals surface area contributed by atoms with Gasteiger partial charge >= 0.3 is 33.1 Å². The molecule has 6 aliphatic rings. The Morgan fingerprint density at radius 2 is 0.580 bits per heavy atom. The topological polar surface area (TPSA) is 137 Å². The zero-order chi connectivity index (χ0) is 70.3. The van der Waals surface area contributed by atoms with Crippen LogP contribution in [-0.2, 0) is 11.4 Å². The van der Waals surface area contributed by atoms with Gasteiger partial charge in [-0.15, -0.1) is 0 Å². The highest BCUT2D eigenvalue weighted by Gasteiger charge is 2.51. The number of rotatable bonds is 24. The third-order valence-corrected chi connectivity index (χ3v) is 20.9. The molecule has 0 radical (unpaired) electrons. The van der Waals surface area contributed by atoms with E-state index in [4.69, 9.17) is 24.6 Å². The molecule has 0 saturated carbocycles. The Morgan fingerprint density at radius 3 is 0.830 bits per heavy atom. The van der Waals surface area contributed by atoms with Gasteiger partial charge in [0.25, 0.3) is 0 Å². The fourth-order valence-corrected chi connectivity index (χ4v) is 15.4. The van der Waals surface area contributed by atoms with Crippen molar-refractivity contribution in [1.29, 1.82) is 0 Å². The fourth-order valence-electron chi connectivity index (χ4n) is 14.3. The maximum atomic E-state index is 15.8. The van der Waals surface area contributed by atoms with Crippen molar-refractivity contribution in [3.05, 3.63) is 215 Å². The van der Waals surface area contributed by atoms with Gasteiger partial charge in [-0.25, -0.2) is 28.1 Å². The molecule has 15 nitrogen and oxygen atoms in total. The predicted octanol–water partition coefficient (Wildman–Crippen LogP) is 16.1. The van der Waals surface area contributed by atoms with Crippen LogP contribution < -0.4 is 44.5 Å². The average Bonchev–Trinajstić information content (AvgIpc) is 0.758. The van der Waals surface area contributed by atoms with Crippen molar-refractivity contribution in [2.45, 2.75) is 83.1 Å². The van der Waals surface area contributed by atoms with Crippen LogP contribution in [0, 0.1) is 0 Å². The second-order valence-electron chi connectivity index (χ2n) is 24.7. The summed E-state index contributed by atoms with van der Waals surface area (Å²) in [7, 11) is 0. The quantitative estimate of drug-likeness (QED) is 0.0323. The Bertz CT molecular complexity index is 4640. The summed E-state index contributed by atoms with van der Waals surface area (Å²) in [6.07, 6.45) is 0. The number of carbonyl (C=O) groups excluding carboxylic acids is 3. The van der Waals surface area contributed by atoms with E-state index >= 15 is 14.4 Å². The summed E-state index contributed by atoms with van der Waals surface area (Å²) in [5.74, 6) is -0.702. The first-order valence-electron chi connectivity index (χ1n) is 35.7. The highest BCUT2D eigenvalue weighted by molar-refractivity contribution is 6.46. The number of hydrogen-bond acceptors (Lipinski definition) is 12. The van der Waals surface area contributed by atoms with Gasteiger partial charge in [0.15, 0.2) is 0 Å². The molecule has 3 aliphatic heterocycles. The van der Waals surface area contributed by atoms with Crippen LogP contribution in [0.4, 0.5) is 17.1 Å². The Morgan fingerprint density at radius 1 is 0.320 bits per heavy atom. The van der Waals surface area contributed by atoms with Crippen molar-refractivity contribution in [2.75, 3.05) is 93.2 Å². The smallest absolute Gasteiger partial charge is 0.547 e. The lowest BCUT2D eigenvalue weighted by Gasteiger charge is -2.23. The summed E-state index contributed by atoms with van der Waals surface area (Å²) in [6, 6.07) is 58.7. The van der Waals surface area contributed by atoms with E-state index in [1.54, 1.807) is 36.4 Å². The van der Waals surface area contributed by atoms with Gasteiger partial charge in [0, 0.05) is 142 Å². The molecule has 100 heavy (non-hydrogen) atoms. The number of hydrogen-bond donors (Lipinski definition) is 0. The normalized spacial score (nSPS) is 11.4. The molecule has 6 aromatic carbocycles. The maximum Gasteiger partial charge on any atom is 1.20 e. The van der Waals surface area contributed by atoms with Crippen LogP contribution in [0.5, 0.6) is 0 Å². The summed E-state index contributed by atoms with van der Waals surface area (Å²) >= 11 is -4.35. The second-order valence-corrected chi connectivity index (χ2v) is 26.0. The van der Waals surface area contributed by atoms with E-state index in [9.17, 15) is 0 Å². The first-order valence-corrected chi connectivity index (χ1v) is 37.1. The second kappa shape index (κ2) is 30.9. The number of fused-ring (bicyclic) bond motifs is 6. The lowest BCUT2D eigenvalue weighted by Crippen LogP contribution is -2.35. The fraction of sp³-hybridized carbons (Fsp3) is 0.286. The van der Waals surface area contributed by atoms with Crippen molar-refractivity contribution < 1.29 is 39.0 Å². The highest BCUT2D eigenvalue weighted by Crippen LogP contribution is 2.46. The Kier molecular flexibility index (Phi) is 21.5. The molecule has 3 aliphatic carbocycles. The van der Waals surface area contributed by atoms with E-state index < -0.39 is 33.1 Å². The minimum atomic E-state index is -4.35. The molecule has 0 aromatic heterocycles. The largest absolute Gasteiger partial charge is 1.20 e. The van der Waals surface area contributed by atoms with Crippen LogP contribution in [0.3, 0.4) is 0 Å². The zero-order valence-corrected chi connectivity index (χ0v) is 60.9. The Labute approximate surface area is 590 Å². The summed E-state index contributed by atoms with van der Waals surface area (Å²) < 4.78 is 47.2. The molecule has 0 fully saturated rings. The van der Waals surface area contributed by atoms with Gasteiger partial charge < -0.3 is 39.3 Å². The number of nitrogens with zero attached hydrogens (tertiary/aromatic N) is 6. The van der Waals surface area contributed by atoms with Gasteiger partial charge in [-0.1, -0.05) is 54.6 Å². The highest BCUT2D eigenvalue weighted by atomic mass is 27.3. The number of anilines is 3. The number of carbonyl (C=O) groups is 3. The molecule has 0 unspecified atom stereocenters. The van der Waals surface area contributed by atoms with Crippen LogP contribution in [0.2, 0.25) is 0 Å². The van der Waals surface area contributed by atoms with Crippen LogP contribution in [0.15, 0.2) is 195 Å². The molecule has 12 rings (SSSR count). The number of benzene rings is 9. The minimum absolute atomic E-state index is 0.153. The lowest BCUT2D eigenvalue weighted by atomic mass is 9.90. The molecule has 16 heteroatoms. The third kappa shape index (κ3) is 13.5. The monoisotopic (exact) mass is 1350 g/mol. The summed E-state index contributed by atoms with van der Waals surface area (Å²) in [4.78, 5) is 54.2. The lowest BCUT2D eigenvalue weighted by molar-refractivity contribution is 0.0411. The van der Waals surface area contributed by atoms with Gasteiger partial charge in [-0.05, 0) is 173 Å². The van der Waals surface area contributed by atoms with Gasteiger partial charge in [0.05, 0.1) is 34.9 Å². The van der Waals surface area contributed by atoms with E-state index in [0.29, 0.717) is 50.7 Å². The molecule has 0 bridgehead atoms. The van der Waals surface area contributed by atoms with E-state index in [-0.39, 0.29) is 16.7 Å². The van der Waals surface area contributed by atoms with Crippen LogP contribution in [-0.4, -0.2) is 112 Å². The summed E-state index contributed by atoms with van der Waals surface area (Å²) in [5.41, 5.74) is 11.4. The van der Waals surface area contributed by atoms with Crippen molar-refractivity contribution in [3.63, 3.8) is 0 Å². The Balaban J connectivity index is 1.03. The third-order valence-electron chi connectivity index (χ3n) is 19.7. The standard InChI is InChI=1S/3C28H30N2O3.Al/c3*1-5-29(6-2)19-13-15-23-25(17-19)33-26-18-20(30(7-3)8-4)14-16-24(26)27(23)21-11-9-10-12-22(21)28(31)32;/h3*9-18H,5-8H2,1-4H3;/q;;;+3. The molecule has 3 heterocycles. The average molecular weight is 1350 g/mol. The molecule has 0 saturated heterocycles. The maximum absolute atomic E-state index is 15.8. The van der Waals surface area contributed by atoms with Crippen LogP contribution in [0.25, 0.3) is 100 Å². The van der Waals surface area contributed by atoms with E-state index in [1.807, 2.05) is 72.8 Å². The molecular weight excluding hydrogens is 1260 g/mol. The zero-order valence-electron chi connectivity index (χ0n) is 59.7. The molecule has 0 N–H and O–H groups in total. The summed E-state index contributed by atoms with van der Waals surface area (Å²) in [5, 5.41) is 5.29. The first-order chi connectivity index (χ1) is 48.8. The van der Waals surface area contributed by atoms with Crippen molar-refractivity contribution >= 4 is 83.0 Å². The van der Waals surface area contributed by atoms with Gasteiger partial charge in [0.2, 0.25) is 16.1 Å². The van der Waals surface area contributed by atoms with Gasteiger partial charge in [-0.3, -0.25) is 0 Å². The van der Waals surface area contributed by atoms with Crippen LogP contribution in [0.1, 0.15) is 114 Å². The van der Waals surface area contributed by atoms with Gasteiger partial charge in [-0.2, -0.15) is 0 Å². The molecule has 510 valence electrons. The van der Waals surface area contributed by atoms with E-state index in [1.165, 1.54) is 0 Å². The van der Waals surface area contributed by atoms with Crippen molar-refractivity contribution in [3.8, 4) is 67.4 Å². The van der Waals surface area contributed by atoms with Crippen molar-refractivity contribution in [1.82, 2.24) is 13.7 Å². The van der Waals surface area contributed by atoms with E-state index in [0.717, 1.165) is 161 Å². The molecule has 0 spiro atoms. The first kappa shape index (κ1) is 69.6. The SMILES string of the molecule is CCN(CC)c1ccc2c(-c3ccccc3C(=O)[O][Al]([O]C(=O)c3ccccc3-c3c4ccc(=[N+](CC)CC)cc-4oc4cc(N(CC)CC)ccc34)[O]C(=O)c3ccccc3-c3c4ccc(=[N+](CC)CC)cc-4oc4cc(N(CC)CC)ccc34)c3ccc(=[N+](CC)CC)cc-3oc2c1. The van der Waals surface area contributed by atoms with Crippen molar-refractivity contribution in [2.24, 2.45) is 0 Å².